The predicted octanol–water partition coefficient (Wildman–Crippen LogP) is 2.56. The Kier molecular flexibility index (Phi) is 4.24. The molecule has 3 rings (SSSR count). The van der Waals surface area contributed by atoms with Crippen LogP contribution in [0.4, 0.5) is 5.13 Å². The molecule has 8 heteroatoms. The normalized spacial score (nSPS) is 10.3. The Bertz CT molecular complexity index is 835. The van der Waals surface area contributed by atoms with Gasteiger partial charge in [-0.05, 0) is 36.0 Å². The minimum atomic E-state index is -0.310. The molecule has 0 saturated carbocycles. The topological polar surface area (TPSA) is 89.9 Å². The van der Waals surface area contributed by atoms with Crippen LogP contribution in [0.5, 0.6) is 5.19 Å². The van der Waals surface area contributed by atoms with E-state index in [9.17, 15) is 4.79 Å². The molecule has 23 heavy (non-hydrogen) atoms. The Balaban J connectivity index is 1.94. The lowest BCUT2D eigenvalue weighted by Gasteiger charge is -2.09. The standard InChI is InChI=1S/C15H13N5O2S/c1-9-6-11(10-4-3-5-16-7-10)12(8-17-9)13(21)18-14-19-20-15(22-2)23-14/h3-8H,1-2H3,(H,18,19,21). The molecule has 0 unspecified atom stereocenters. The smallest absolute Gasteiger partial charge is 0.295 e. The third kappa shape index (κ3) is 3.32. The van der Waals surface area contributed by atoms with Gasteiger partial charge in [0, 0.05) is 29.8 Å². The van der Waals surface area contributed by atoms with E-state index < -0.39 is 0 Å². The maximum absolute atomic E-state index is 12.5. The summed E-state index contributed by atoms with van der Waals surface area (Å²) in [5.74, 6) is -0.310. The molecule has 3 aromatic heterocycles. The van der Waals surface area contributed by atoms with Gasteiger partial charge in [0.2, 0.25) is 5.13 Å². The average molecular weight is 327 g/mol. The zero-order chi connectivity index (χ0) is 16.2. The summed E-state index contributed by atoms with van der Waals surface area (Å²) in [7, 11) is 1.50. The number of amides is 1. The number of aromatic nitrogens is 4. The van der Waals surface area contributed by atoms with Gasteiger partial charge < -0.3 is 4.74 Å². The summed E-state index contributed by atoms with van der Waals surface area (Å²) >= 11 is 1.15. The van der Waals surface area contributed by atoms with E-state index >= 15 is 0 Å². The molecule has 0 aromatic carbocycles. The number of nitrogens with zero attached hydrogens (tertiary/aromatic N) is 4. The highest BCUT2D eigenvalue weighted by molar-refractivity contribution is 7.17. The van der Waals surface area contributed by atoms with Crippen LogP contribution < -0.4 is 10.1 Å². The summed E-state index contributed by atoms with van der Waals surface area (Å²) in [6.45, 7) is 1.87. The molecule has 0 fully saturated rings. The Morgan fingerprint density at radius 1 is 1.30 bits per heavy atom. The molecule has 3 aromatic rings. The maximum Gasteiger partial charge on any atom is 0.295 e. The Hall–Kier alpha value is -2.87. The first-order valence-corrected chi connectivity index (χ1v) is 7.55. The van der Waals surface area contributed by atoms with Gasteiger partial charge in [-0.3, -0.25) is 20.1 Å². The monoisotopic (exact) mass is 327 g/mol. The van der Waals surface area contributed by atoms with Crippen LogP contribution in [0.1, 0.15) is 16.1 Å². The van der Waals surface area contributed by atoms with E-state index in [1.165, 1.54) is 7.11 Å². The number of methoxy groups -OCH3 is 1. The number of hydrogen-bond acceptors (Lipinski definition) is 7. The zero-order valence-corrected chi connectivity index (χ0v) is 13.3. The number of anilines is 1. The number of pyridine rings is 2. The zero-order valence-electron chi connectivity index (χ0n) is 12.5. The van der Waals surface area contributed by atoms with Crippen LogP contribution in [0.2, 0.25) is 0 Å². The van der Waals surface area contributed by atoms with Crippen molar-refractivity contribution in [3.63, 3.8) is 0 Å². The van der Waals surface area contributed by atoms with Crippen molar-refractivity contribution in [1.82, 2.24) is 20.2 Å². The molecule has 0 atom stereocenters. The Morgan fingerprint density at radius 2 is 2.17 bits per heavy atom. The largest absolute Gasteiger partial charge is 0.472 e. The summed E-state index contributed by atoms with van der Waals surface area (Å²) in [5, 5.41) is 11.1. The van der Waals surface area contributed by atoms with E-state index in [1.807, 2.05) is 25.1 Å². The number of ether oxygens (including phenoxy) is 1. The van der Waals surface area contributed by atoms with Crippen molar-refractivity contribution in [2.75, 3.05) is 12.4 Å². The number of carbonyl (C=O) groups is 1. The van der Waals surface area contributed by atoms with E-state index in [4.69, 9.17) is 4.74 Å². The molecule has 3 heterocycles. The lowest BCUT2D eigenvalue weighted by Crippen LogP contribution is -2.13. The molecule has 116 valence electrons. The minimum Gasteiger partial charge on any atom is -0.472 e. The first-order chi connectivity index (χ1) is 11.2. The Labute approximate surface area is 136 Å². The molecule has 1 amide bonds. The van der Waals surface area contributed by atoms with E-state index in [-0.39, 0.29) is 5.91 Å². The summed E-state index contributed by atoms with van der Waals surface area (Å²) in [6, 6.07) is 5.57. The highest BCUT2D eigenvalue weighted by Crippen LogP contribution is 2.26. The maximum atomic E-state index is 12.5. The average Bonchev–Trinajstić information content (AvgIpc) is 3.03. The van der Waals surface area contributed by atoms with Gasteiger partial charge >= 0.3 is 0 Å². The molecule has 0 saturated heterocycles. The van der Waals surface area contributed by atoms with Crippen LogP contribution in [-0.2, 0) is 0 Å². The van der Waals surface area contributed by atoms with E-state index in [0.717, 1.165) is 28.2 Å². The molecule has 0 aliphatic heterocycles. The lowest BCUT2D eigenvalue weighted by atomic mass is 10.0. The first kappa shape index (κ1) is 15.0. The number of aryl methyl sites for hydroxylation is 1. The van der Waals surface area contributed by atoms with Crippen molar-refractivity contribution in [2.24, 2.45) is 0 Å². The summed E-state index contributed by atoms with van der Waals surface area (Å²) in [5.41, 5.74) is 2.87. The van der Waals surface area contributed by atoms with Crippen LogP contribution in [0.3, 0.4) is 0 Å². The van der Waals surface area contributed by atoms with Gasteiger partial charge in [-0.2, -0.15) is 0 Å². The second-order valence-electron chi connectivity index (χ2n) is 4.64. The van der Waals surface area contributed by atoms with Crippen molar-refractivity contribution in [2.45, 2.75) is 6.92 Å². The van der Waals surface area contributed by atoms with Gasteiger partial charge in [-0.25, -0.2) is 0 Å². The Morgan fingerprint density at radius 3 is 2.87 bits per heavy atom. The van der Waals surface area contributed by atoms with Gasteiger partial charge in [0.05, 0.1) is 12.7 Å². The van der Waals surface area contributed by atoms with Gasteiger partial charge in [-0.15, -0.1) is 5.10 Å². The fourth-order valence-electron chi connectivity index (χ4n) is 2.01. The van der Waals surface area contributed by atoms with E-state index in [1.54, 1.807) is 18.6 Å². The molecule has 0 aliphatic rings. The van der Waals surface area contributed by atoms with Crippen molar-refractivity contribution in [3.8, 4) is 16.3 Å². The van der Waals surface area contributed by atoms with Crippen molar-refractivity contribution in [3.05, 3.63) is 48.0 Å². The SMILES string of the molecule is COc1nnc(NC(=O)c2cnc(C)cc2-c2cccnc2)s1. The van der Waals surface area contributed by atoms with Crippen molar-refractivity contribution >= 4 is 22.4 Å². The van der Waals surface area contributed by atoms with E-state index in [0.29, 0.717) is 15.9 Å². The fourth-order valence-corrected chi connectivity index (χ4v) is 2.56. The summed E-state index contributed by atoms with van der Waals surface area (Å²) < 4.78 is 4.96. The number of carbonyl (C=O) groups excluding carboxylic acids is 1. The minimum absolute atomic E-state index is 0.310. The highest BCUT2D eigenvalue weighted by atomic mass is 32.1. The van der Waals surface area contributed by atoms with Gasteiger partial charge in [0.25, 0.3) is 11.1 Å². The number of rotatable bonds is 4. The molecule has 1 N–H and O–H groups in total. The summed E-state index contributed by atoms with van der Waals surface area (Å²) in [6.07, 6.45) is 4.94. The second kappa shape index (κ2) is 6.49. The molecular weight excluding hydrogens is 314 g/mol. The summed E-state index contributed by atoms with van der Waals surface area (Å²) in [4.78, 5) is 20.9. The van der Waals surface area contributed by atoms with Gasteiger partial charge in [-0.1, -0.05) is 11.2 Å². The molecule has 0 aliphatic carbocycles. The van der Waals surface area contributed by atoms with Crippen LogP contribution in [0.25, 0.3) is 11.1 Å². The molecule has 0 radical (unpaired) electrons. The highest BCUT2D eigenvalue weighted by Gasteiger charge is 2.16. The van der Waals surface area contributed by atoms with Crippen LogP contribution in [0, 0.1) is 6.92 Å². The molecule has 0 spiro atoms. The predicted molar refractivity (Wildman–Crippen MR) is 86.6 cm³/mol. The van der Waals surface area contributed by atoms with E-state index in [2.05, 4.69) is 25.5 Å². The quantitative estimate of drug-likeness (QED) is 0.792. The fraction of sp³-hybridized carbons (Fsp3) is 0.133. The lowest BCUT2D eigenvalue weighted by molar-refractivity contribution is 0.102. The first-order valence-electron chi connectivity index (χ1n) is 6.73. The van der Waals surface area contributed by atoms with Crippen molar-refractivity contribution < 1.29 is 9.53 Å². The van der Waals surface area contributed by atoms with Gasteiger partial charge in [0.1, 0.15) is 0 Å². The second-order valence-corrected chi connectivity index (χ2v) is 5.58. The number of nitrogens with one attached hydrogen (secondary N) is 1. The van der Waals surface area contributed by atoms with Crippen LogP contribution in [0.15, 0.2) is 36.8 Å². The van der Waals surface area contributed by atoms with Gasteiger partial charge in [0.15, 0.2) is 0 Å². The van der Waals surface area contributed by atoms with Crippen molar-refractivity contribution in [1.29, 1.82) is 0 Å². The molecule has 0 bridgehead atoms. The van der Waals surface area contributed by atoms with Crippen LogP contribution >= 0.6 is 11.3 Å². The number of hydrogen-bond donors (Lipinski definition) is 1. The van der Waals surface area contributed by atoms with Crippen LogP contribution in [-0.4, -0.2) is 33.2 Å². The third-order valence-corrected chi connectivity index (χ3v) is 3.86. The molecule has 7 nitrogen and oxygen atoms in total. The third-order valence-electron chi connectivity index (χ3n) is 3.06. The molecular formula is C15H13N5O2S.